The van der Waals surface area contributed by atoms with Crippen LogP contribution in [0.1, 0.15) is 18.1 Å². The summed E-state index contributed by atoms with van der Waals surface area (Å²) in [5.74, 6) is 0.631. The van der Waals surface area contributed by atoms with Crippen LogP contribution in [-0.2, 0) is 4.79 Å². The number of carbonyl (C=O) groups excluding carboxylic acids is 1. The van der Waals surface area contributed by atoms with Gasteiger partial charge in [0.1, 0.15) is 5.75 Å². The summed E-state index contributed by atoms with van der Waals surface area (Å²) in [4.78, 5) is 28.6. The maximum Gasteiger partial charge on any atom is 0.308 e. The quantitative estimate of drug-likeness (QED) is 0.405. The third kappa shape index (κ3) is 3.50. The summed E-state index contributed by atoms with van der Waals surface area (Å²) in [6.07, 6.45) is 1.77. The van der Waals surface area contributed by atoms with Crippen LogP contribution in [0.4, 0.5) is 0 Å². The molecular weight excluding hydrogens is 362 g/mol. The number of thiazole rings is 1. The van der Waals surface area contributed by atoms with E-state index in [2.05, 4.69) is 10.1 Å². The Kier molecular flexibility index (Phi) is 4.29. The number of carbonyl (C=O) groups is 1. The number of aryl methyl sites for hydroxylation is 1. The molecular formula is C20H15N3O3S. The van der Waals surface area contributed by atoms with Crippen LogP contribution >= 0.6 is 11.3 Å². The van der Waals surface area contributed by atoms with E-state index in [-0.39, 0.29) is 11.5 Å². The van der Waals surface area contributed by atoms with Crippen LogP contribution in [0, 0.1) is 6.92 Å². The van der Waals surface area contributed by atoms with E-state index >= 15 is 0 Å². The summed E-state index contributed by atoms with van der Waals surface area (Å²) in [5.41, 5.74) is 2.65. The van der Waals surface area contributed by atoms with Gasteiger partial charge in [-0.15, -0.1) is 5.10 Å². The van der Waals surface area contributed by atoms with Gasteiger partial charge >= 0.3 is 5.97 Å². The normalized spacial score (nSPS) is 11.9. The monoisotopic (exact) mass is 377 g/mol. The van der Waals surface area contributed by atoms with Crippen LogP contribution in [0.3, 0.4) is 0 Å². The number of ether oxygens (including phenoxy) is 1. The zero-order chi connectivity index (χ0) is 19.0. The molecule has 0 spiro atoms. The highest BCUT2D eigenvalue weighted by Crippen LogP contribution is 2.17. The molecule has 0 amide bonds. The summed E-state index contributed by atoms with van der Waals surface area (Å²) < 4.78 is 6.88. The number of nitrogens with zero attached hydrogens (tertiary/aromatic N) is 3. The Morgan fingerprint density at radius 1 is 1.11 bits per heavy atom. The molecule has 0 atom stereocenters. The van der Waals surface area contributed by atoms with Crippen LogP contribution in [0.15, 0.2) is 53.3 Å². The summed E-state index contributed by atoms with van der Waals surface area (Å²) in [6, 6.07) is 14.8. The van der Waals surface area contributed by atoms with Crippen molar-refractivity contribution in [1.29, 1.82) is 0 Å². The standard InChI is InChI=1S/C20H15N3O3S/c1-12-3-7-15(8-4-12)18-21-20-23(22-18)19(25)17(27-20)11-14-5-9-16(10-6-14)26-13(2)24/h3-11H,1-2H3/b17-11-. The summed E-state index contributed by atoms with van der Waals surface area (Å²) in [5, 5.41) is 4.35. The topological polar surface area (TPSA) is 73.6 Å². The molecule has 6 nitrogen and oxygen atoms in total. The number of benzene rings is 2. The molecule has 27 heavy (non-hydrogen) atoms. The fourth-order valence-electron chi connectivity index (χ4n) is 2.61. The third-order valence-corrected chi connectivity index (χ3v) is 4.89. The molecule has 0 saturated heterocycles. The number of hydrogen-bond donors (Lipinski definition) is 0. The lowest BCUT2D eigenvalue weighted by Crippen LogP contribution is -2.23. The highest BCUT2D eigenvalue weighted by Gasteiger charge is 2.11. The molecule has 0 N–H and O–H groups in total. The van der Waals surface area contributed by atoms with Crippen LogP contribution in [-0.4, -0.2) is 20.6 Å². The molecule has 0 unspecified atom stereocenters. The van der Waals surface area contributed by atoms with Crippen molar-refractivity contribution >= 4 is 28.3 Å². The third-order valence-electron chi connectivity index (χ3n) is 3.93. The van der Waals surface area contributed by atoms with Crippen molar-refractivity contribution in [3.05, 3.63) is 74.5 Å². The Balaban J connectivity index is 1.69. The lowest BCUT2D eigenvalue weighted by atomic mass is 10.1. The first-order valence-corrected chi connectivity index (χ1v) is 9.08. The SMILES string of the molecule is CC(=O)Oc1ccc(/C=c2\sc3nc(-c4ccc(C)cc4)nn3c2=O)cc1. The minimum absolute atomic E-state index is 0.204. The Morgan fingerprint density at radius 2 is 1.81 bits per heavy atom. The molecule has 2 aromatic carbocycles. The number of aromatic nitrogens is 3. The lowest BCUT2D eigenvalue weighted by Gasteiger charge is -2.00. The van der Waals surface area contributed by atoms with Crippen molar-refractivity contribution in [3.8, 4) is 17.1 Å². The Bertz CT molecular complexity index is 1240. The molecule has 0 aliphatic heterocycles. The van der Waals surface area contributed by atoms with E-state index in [0.29, 0.717) is 21.1 Å². The van der Waals surface area contributed by atoms with Crippen LogP contribution in [0.2, 0.25) is 0 Å². The van der Waals surface area contributed by atoms with Gasteiger partial charge in [-0.05, 0) is 30.7 Å². The molecule has 0 saturated carbocycles. The van der Waals surface area contributed by atoms with Crippen molar-refractivity contribution in [2.24, 2.45) is 0 Å². The minimum Gasteiger partial charge on any atom is -0.427 e. The molecule has 134 valence electrons. The van der Waals surface area contributed by atoms with Crippen molar-refractivity contribution in [2.45, 2.75) is 13.8 Å². The van der Waals surface area contributed by atoms with Crippen molar-refractivity contribution in [3.63, 3.8) is 0 Å². The van der Waals surface area contributed by atoms with Gasteiger partial charge in [0.15, 0.2) is 5.82 Å². The largest absolute Gasteiger partial charge is 0.427 e. The zero-order valence-electron chi connectivity index (χ0n) is 14.7. The molecule has 4 rings (SSSR count). The van der Waals surface area contributed by atoms with Crippen molar-refractivity contribution in [2.75, 3.05) is 0 Å². The predicted molar refractivity (Wildman–Crippen MR) is 104 cm³/mol. The zero-order valence-corrected chi connectivity index (χ0v) is 15.5. The number of rotatable bonds is 3. The number of fused-ring (bicyclic) bond motifs is 1. The van der Waals surface area contributed by atoms with Gasteiger partial charge in [-0.2, -0.15) is 9.50 Å². The molecule has 2 heterocycles. The fraction of sp³-hybridized carbons (Fsp3) is 0.100. The summed E-state index contributed by atoms with van der Waals surface area (Å²) >= 11 is 1.29. The fourth-order valence-corrected chi connectivity index (χ4v) is 3.52. The molecule has 0 radical (unpaired) electrons. The van der Waals surface area contributed by atoms with Crippen LogP contribution in [0.25, 0.3) is 22.4 Å². The molecule has 0 aliphatic carbocycles. The van der Waals surface area contributed by atoms with E-state index in [1.165, 1.54) is 22.8 Å². The highest BCUT2D eigenvalue weighted by atomic mass is 32.1. The molecule has 2 aromatic heterocycles. The van der Waals surface area contributed by atoms with Gasteiger partial charge in [0.2, 0.25) is 4.96 Å². The lowest BCUT2D eigenvalue weighted by molar-refractivity contribution is -0.131. The summed E-state index contributed by atoms with van der Waals surface area (Å²) in [6.45, 7) is 3.36. The van der Waals surface area contributed by atoms with E-state index in [0.717, 1.165) is 16.7 Å². The smallest absolute Gasteiger partial charge is 0.308 e. The Hall–Kier alpha value is -3.32. The molecule has 0 bridgehead atoms. The van der Waals surface area contributed by atoms with Gasteiger partial charge in [-0.1, -0.05) is 53.3 Å². The average molecular weight is 377 g/mol. The number of hydrogen-bond acceptors (Lipinski definition) is 6. The van der Waals surface area contributed by atoms with Gasteiger partial charge in [0.05, 0.1) is 4.53 Å². The van der Waals surface area contributed by atoms with E-state index in [1.807, 2.05) is 31.2 Å². The Labute approximate surface area is 158 Å². The highest BCUT2D eigenvalue weighted by molar-refractivity contribution is 7.15. The van der Waals surface area contributed by atoms with Crippen molar-refractivity contribution in [1.82, 2.24) is 14.6 Å². The second-order valence-corrected chi connectivity index (χ2v) is 7.08. The molecule has 7 heteroatoms. The maximum atomic E-state index is 12.6. The molecule has 0 aliphatic rings. The first kappa shape index (κ1) is 17.1. The predicted octanol–water partition coefficient (Wildman–Crippen LogP) is 2.60. The van der Waals surface area contributed by atoms with Crippen LogP contribution in [0.5, 0.6) is 5.75 Å². The van der Waals surface area contributed by atoms with Gasteiger partial charge in [-0.25, -0.2) is 0 Å². The van der Waals surface area contributed by atoms with E-state index in [9.17, 15) is 9.59 Å². The second-order valence-electron chi connectivity index (χ2n) is 6.07. The molecule has 4 aromatic rings. The summed E-state index contributed by atoms with van der Waals surface area (Å²) in [7, 11) is 0. The minimum atomic E-state index is -0.372. The van der Waals surface area contributed by atoms with Crippen molar-refractivity contribution < 1.29 is 9.53 Å². The molecule has 0 fully saturated rings. The van der Waals surface area contributed by atoms with E-state index in [4.69, 9.17) is 4.74 Å². The number of esters is 1. The van der Waals surface area contributed by atoms with E-state index in [1.54, 1.807) is 30.3 Å². The first-order chi connectivity index (χ1) is 13.0. The van der Waals surface area contributed by atoms with Gasteiger partial charge in [-0.3, -0.25) is 9.59 Å². The maximum absolute atomic E-state index is 12.6. The average Bonchev–Trinajstić information content (AvgIpc) is 3.17. The Morgan fingerprint density at radius 3 is 2.44 bits per heavy atom. The van der Waals surface area contributed by atoms with E-state index < -0.39 is 0 Å². The van der Waals surface area contributed by atoms with Gasteiger partial charge < -0.3 is 4.74 Å². The first-order valence-electron chi connectivity index (χ1n) is 8.26. The van der Waals surface area contributed by atoms with Gasteiger partial charge in [0, 0.05) is 12.5 Å². The second kappa shape index (κ2) is 6.77. The van der Waals surface area contributed by atoms with Gasteiger partial charge in [0.25, 0.3) is 5.56 Å². The van der Waals surface area contributed by atoms with Crippen LogP contribution < -0.4 is 14.8 Å².